The molecule has 0 aromatic heterocycles. The Kier molecular flexibility index (Phi) is 6.13. The summed E-state index contributed by atoms with van der Waals surface area (Å²) in [5.74, 6) is 0.337. The summed E-state index contributed by atoms with van der Waals surface area (Å²) in [5, 5.41) is 5.57. The molecule has 2 aromatic rings. The predicted molar refractivity (Wildman–Crippen MR) is 98.2 cm³/mol. The van der Waals surface area contributed by atoms with Crippen LogP contribution in [0.1, 0.15) is 44.2 Å². The third-order valence-electron chi connectivity index (χ3n) is 3.75. The second-order valence-electron chi connectivity index (χ2n) is 6.21. The number of amides is 2. The van der Waals surface area contributed by atoms with Crippen LogP contribution in [0.25, 0.3) is 0 Å². The van der Waals surface area contributed by atoms with E-state index in [1.54, 1.807) is 24.3 Å². The first-order valence-corrected chi connectivity index (χ1v) is 8.20. The highest BCUT2D eigenvalue weighted by molar-refractivity contribution is 5.93. The molecule has 0 heterocycles. The van der Waals surface area contributed by atoms with Crippen molar-refractivity contribution in [1.82, 2.24) is 0 Å². The monoisotopic (exact) mass is 324 g/mol. The lowest BCUT2D eigenvalue weighted by Gasteiger charge is -2.09. The van der Waals surface area contributed by atoms with Crippen molar-refractivity contribution >= 4 is 23.2 Å². The topological polar surface area (TPSA) is 58.2 Å². The standard InChI is InChI=1S/C20H24N2O2/c1-14(2)17-10-7-16(8-11-17)9-12-20(24)22-19-6-4-5-18(13-19)21-15(3)23/h4-8,10-11,13-14H,9,12H2,1-3H3,(H,21,23)(H,22,24). The molecule has 0 aliphatic heterocycles. The van der Waals surface area contributed by atoms with Gasteiger partial charge in [-0.15, -0.1) is 0 Å². The largest absolute Gasteiger partial charge is 0.326 e. The number of rotatable bonds is 6. The maximum absolute atomic E-state index is 12.1. The van der Waals surface area contributed by atoms with Gasteiger partial charge in [0.1, 0.15) is 0 Å². The van der Waals surface area contributed by atoms with E-state index in [9.17, 15) is 9.59 Å². The molecule has 24 heavy (non-hydrogen) atoms. The van der Waals surface area contributed by atoms with Crippen LogP contribution in [0.2, 0.25) is 0 Å². The van der Waals surface area contributed by atoms with Crippen molar-refractivity contribution < 1.29 is 9.59 Å². The second-order valence-corrected chi connectivity index (χ2v) is 6.21. The highest BCUT2D eigenvalue weighted by atomic mass is 16.2. The molecular weight excluding hydrogens is 300 g/mol. The third-order valence-corrected chi connectivity index (χ3v) is 3.75. The molecule has 0 spiro atoms. The van der Waals surface area contributed by atoms with Gasteiger partial charge in [0.05, 0.1) is 0 Å². The lowest BCUT2D eigenvalue weighted by Crippen LogP contribution is -2.13. The molecule has 2 rings (SSSR count). The average molecular weight is 324 g/mol. The molecule has 0 bridgehead atoms. The first-order chi connectivity index (χ1) is 11.4. The second kappa shape index (κ2) is 8.29. The van der Waals surface area contributed by atoms with E-state index in [0.717, 1.165) is 5.56 Å². The first-order valence-electron chi connectivity index (χ1n) is 8.20. The van der Waals surface area contributed by atoms with Crippen molar-refractivity contribution in [2.24, 2.45) is 0 Å². The molecule has 0 radical (unpaired) electrons. The van der Waals surface area contributed by atoms with E-state index in [2.05, 4.69) is 48.7 Å². The lowest BCUT2D eigenvalue weighted by atomic mass is 10.0. The molecule has 4 heteroatoms. The molecule has 0 unspecified atom stereocenters. The molecule has 2 N–H and O–H groups in total. The summed E-state index contributed by atoms with van der Waals surface area (Å²) >= 11 is 0. The van der Waals surface area contributed by atoms with Crippen LogP contribution in [-0.2, 0) is 16.0 Å². The summed E-state index contributed by atoms with van der Waals surface area (Å²) in [5.41, 5.74) is 3.81. The van der Waals surface area contributed by atoms with Crippen molar-refractivity contribution in [3.8, 4) is 0 Å². The number of hydrogen-bond donors (Lipinski definition) is 2. The summed E-state index contributed by atoms with van der Waals surface area (Å²) in [6, 6.07) is 15.5. The minimum absolute atomic E-state index is 0.0390. The van der Waals surface area contributed by atoms with Gasteiger partial charge in [0.15, 0.2) is 0 Å². The van der Waals surface area contributed by atoms with Gasteiger partial charge in [0.2, 0.25) is 11.8 Å². The Bertz CT molecular complexity index is 706. The number of benzene rings is 2. The van der Waals surface area contributed by atoms with E-state index >= 15 is 0 Å². The van der Waals surface area contributed by atoms with Gasteiger partial charge in [-0.2, -0.15) is 0 Å². The Morgan fingerprint density at radius 2 is 1.58 bits per heavy atom. The fourth-order valence-corrected chi connectivity index (χ4v) is 2.43. The van der Waals surface area contributed by atoms with E-state index < -0.39 is 0 Å². The maximum Gasteiger partial charge on any atom is 0.224 e. The van der Waals surface area contributed by atoms with Crippen molar-refractivity contribution in [2.75, 3.05) is 10.6 Å². The van der Waals surface area contributed by atoms with Crippen LogP contribution in [0.3, 0.4) is 0 Å². The SMILES string of the molecule is CC(=O)Nc1cccc(NC(=O)CCc2ccc(C(C)C)cc2)c1. The van der Waals surface area contributed by atoms with Gasteiger partial charge in [-0.1, -0.05) is 44.2 Å². The number of carbonyl (C=O) groups excluding carboxylic acids is 2. The zero-order valence-electron chi connectivity index (χ0n) is 14.4. The number of anilines is 2. The van der Waals surface area contributed by atoms with Gasteiger partial charge >= 0.3 is 0 Å². The molecule has 0 saturated carbocycles. The fraction of sp³-hybridized carbons (Fsp3) is 0.300. The molecule has 0 aliphatic rings. The highest BCUT2D eigenvalue weighted by Crippen LogP contribution is 2.17. The Balaban J connectivity index is 1.88. The van der Waals surface area contributed by atoms with Crippen LogP contribution in [0.5, 0.6) is 0 Å². The molecule has 126 valence electrons. The molecule has 2 aromatic carbocycles. The third kappa shape index (κ3) is 5.54. The fourth-order valence-electron chi connectivity index (χ4n) is 2.43. The number of hydrogen-bond acceptors (Lipinski definition) is 2. The van der Waals surface area contributed by atoms with Crippen molar-refractivity contribution in [1.29, 1.82) is 0 Å². The van der Waals surface area contributed by atoms with Crippen molar-refractivity contribution in [3.05, 3.63) is 59.7 Å². The number of aryl methyl sites for hydroxylation is 1. The summed E-state index contributed by atoms with van der Waals surface area (Å²) in [7, 11) is 0. The van der Waals surface area contributed by atoms with Gasteiger partial charge in [0, 0.05) is 24.7 Å². The van der Waals surface area contributed by atoms with Crippen LogP contribution < -0.4 is 10.6 Å². The zero-order chi connectivity index (χ0) is 17.5. The lowest BCUT2D eigenvalue weighted by molar-refractivity contribution is -0.116. The van der Waals surface area contributed by atoms with Crippen molar-refractivity contribution in [2.45, 2.75) is 39.5 Å². The zero-order valence-corrected chi connectivity index (χ0v) is 14.4. The molecule has 0 atom stereocenters. The summed E-state index contributed by atoms with van der Waals surface area (Å²) in [6.45, 7) is 5.78. The van der Waals surface area contributed by atoms with Crippen LogP contribution in [0, 0.1) is 0 Å². The average Bonchev–Trinajstić information content (AvgIpc) is 2.53. The van der Waals surface area contributed by atoms with Gasteiger partial charge in [-0.3, -0.25) is 9.59 Å². The van der Waals surface area contributed by atoms with Crippen LogP contribution in [-0.4, -0.2) is 11.8 Å². The van der Waals surface area contributed by atoms with Crippen molar-refractivity contribution in [3.63, 3.8) is 0 Å². The molecule has 4 nitrogen and oxygen atoms in total. The maximum atomic E-state index is 12.1. The van der Waals surface area contributed by atoms with E-state index in [4.69, 9.17) is 0 Å². The van der Waals surface area contributed by atoms with E-state index in [1.165, 1.54) is 12.5 Å². The summed E-state index contributed by atoms with van der Waals surface area (Å²) < 4.78 is 0. The number of carbonyl (C=O) groups is 2. The molecule has 2 amide bonds. The highest BCUT2D eigenvalue weighted by Gasteiger charge is 2.05. The molecule has 0 saturated heterocycles. The van der Waals surface area contributed by atoms with E-state index in [-0.39, 0.29) is 11.8 Å². The normalized spacial score (nSPS) is 10.5. The molecule has 0 aliphatic carbocycles. The van der Waals surface area contributed by atoms with E-state index in [0.29, 0.717) is 30.1 Å². The minimum atomic E-state index is -0.136. The Morgan fingerprint density at radius 1 is 0.958 bits per heavy atom. The Labute approximate surface area is 143 Å². The van der Waals surface area contributed by atoms with Gasteiger partial charge in [0.25, 0.3) is 0 Å². The van der Waals surface area contributed by atoms with E-state index in [1.807, 2.05) is 0 Å². The summed E-state index contributed by atoms with van der Waals surface area (Å²) in [6.07, 6.45) is 1.13. The molecule has 0 fully saturated rings. The number of nitrogens with one attached hydrogen (secondary N) is 2. The quantitative estimate of drug-likeness (QED) is 0.830. The Hall–Kier alpha value is -2.62. The van der Waals surface area contributed by atoms with Crippen LogP contribution in [0.15, 0.2) is 48.5 Å². The van der Waals surface area contributed by atoms with Gasteiger partial charge in [-0.25, -0.2) is 0 Å². The Morgan fingerprint density at radius 3 is 2.17 bits per heavy atom. The smallest absolute Gasteiger partial charge is 0.224 e. The summed E-state index contributed by atoms with van der Waals surface area (Å²) in [4.78, 5) is 23.2. The van der Waals surface area contributed by atoms with Crippen LogP contribution in [0.4, 0.5) is 11.4 Å². The minimum Gasteiger partial charge on any atom is -0.326 e. The van der Waals surface area contributed by atoms with Gasteiger partial charge < -0.3 is 10.6 Å². The first kappa shape index (κ1) is 17.7. The van der Waals surface area contributed by atoms with Gasteiger partial charge in [-0.05, 0) is 41.7 Å². The predicted octanol–water partition coefficient (Wildman–Crippen LogP) is 4.34. The van der Waals surface area contributed by atoms with Crippen LogP contribution >= 0.6 is 0 Å². The molecular formula is C20H24N2O2.